The Morgan fingerprint density at radius 3 is 2.86 bits per heavy atom. The van der Waals surface area contributed by atoms with E-state index < -0.39 is 0 Å². The van der Waals surface area contributed by atoms with Crippen LogP contribution in [0.25, 0.3) is 0 Å². The van der Waals surface area contributed by atoms with E-state index in [2.05, 4.69) is 36.3 Å². The maximum absolute atomic E-state index is 11.5. The lowest BCUT2D eigenvalue weighted by molar-refractivity contribution is -0.105. The Labute approximate surface area is 125 Å². The quantitative estimate of drug-likeness (QED) is 0.895. The van der Waals surface area contributed by atoms with Crippen molar-refractivity contribution in [2.75, 3.05) is 11.9 Å². The second-order valence-electron chi connectivity index (χ2n) is 7.09. The van der Waals surface area contributed by atoms with Gasteiger partial charge >= 0.3 is 0 Å². The molecule has 4 atom stereocenters. The van der Waals surface area contributed by atoms with E-state index in [1.807, 2.05) is 6.92 Å². The second-order valence-corrected chi connectivity index (χ2v) is 7.09. The number of H-pyrrole nitrogens is 1. The zero-order valence-corrected chi connectivity index (χ0v) is 13.3. The van der Waals surface area contributed by atoms with Crippen LogP contribution in [-0.4, -0.2) is 22.8 Å². The van der Waals surface area contributed by atoms with Crippen molar-refractivity contribution in [2.24, 2.45) is 23.2 Å². The third kappa shape index (κ3) is 2.32. The molecule has 0 saturated heterocycles. The molecule has 1 aromatic rings. The van der Waals surface area contributed by atoms with Crippen LogP contribution in [0.15, 0.2) is 10.9 Å². The van der Waals surface area contributed by atoms with E-state index >= 15 is 0 Å². The fourth-order valence-electron chi connectivity index (χ4n) is 4.28. The molecule has 21 heavy (non-hydrogen) atoms. The zero-order chi connectivity index (χ0) is 15.2. The smallest absolute Gasteiger partial charge is 0.266 e. The summed E-state index contributed by atoms with van der Waals surface area (Å²) < 4.78 is 5.50. The average Bonchev–Trinajstić information content (AvgIpc) is 2.43. The molecule has 5 nitrogen and oxygen atoms in total. The highest BCUT2D eigenvalue weighted by atomic mass is 16.5. The highest BCUT2D eigenvalue weighted by molar-refractivity contribution is 5.52. The van der Waals surface area contributed by atoms with Gasteiger partial charge < -0.3 is 10.1 Å². The van der Waals surface area contributed by atoms with Crippen molar-refractivity contribution >= 4 is 5.69 Å². The van der Waals surface area contributed by atoms with Gasteiger partial charge in [0.2, 0.25) is 0 Å². The van der Waals surface area contributed by atoms with Gasteiger partial charge in [-0.1, -0.05) is 20.8 Å². The van der Waals surface area contributed by atoms with Crippen LogP contribution in [0.4, 0.5) is 5.69 Å². The summed E-state index contributed by atoms with van der Waals surface area (Å²) in [4.78, 5) is 11.5. The molecule has 5 heteroatoms. The van der Waals surface area contributed by atoms with Crippen molar-refractivity contribution in [3.05, 3.63) is 16.4 Å². The molecule has 3 aliphatic carbocycles. The van der Waals surface area contributed by atoms with Gasteiger partial charge in [-0.05, 0) is 42.9 Å². The third-order valence-electron chi connectivity index (χ3n) is 5.75. The fourth-order valence-corrected chi connectivity index (χ4v) is 4.28. The summed E-state index contributed by atoms with van der Waals surface area (Å²) in [5.74, 6) is 2.63. The van der Waals surface area contributed by atoms with Gasteiger partial charge in [-0.2, -0.15) is 0 Å². The lowest BCUT2D eigenvalue weighted by atomic mass is 9.45. The normalized spacial score (nSPS) is 33.1. The second kappa shape index (κ2) is 5.04. The predicted octanol–water partition coefficient (Wildman–Crippen LogP) is 2.65. The monoisotopic (exact) mass is 291 g/mol. The van der Waals surface area contributed by atoms with Crippen LogP contribution in [-0.2, 0) is 0 Å². The van der Waals surface area contributed by atoms with Crippen LogP contribution in [0.5, 0.6) is 5.88 Å². The highest BCUT2D eigenvalue weighted by Crippen LogP contribution is 2.61. The molecule has 3 aliphatic rings. The van der Waals surface area contributed by atoms with Crippen molar-refractivity contribution in [2.45, 2.75) is 46.6 Å². The summed E-state index contributed by atoms with van der Waals surface area (Å²) in [5.41, 5.74) is 0.985. The number of aromatic amines is 1. The van der Waals surface area contributed by atoms with Crippen LogP contribution >= 0.6 is 0 Å². The first-order chi connectivity index (χ1) is 9.93. The maximum Gasteiger partial charge on any atom is 0.266 e. The summed E-state index contributed by atoms with van der Waals surface area (Å²) in [6, 6.07) is 1.94. The van der Waals surface area contributed by atoms with E-state index in [0.29, 0.717) is 29.9 Å². The number of ether oxygens (including phenoxy) is 1. The number of fused-ring (bicyclic) bond motifs is 2. The lowest BCUT2D eigenvalue weighted by Gasteiger charge is -2.62. The molecule has 0 unspecified atom stereocenters. The molecular formula is C16H25N3O2. The Kier molecular flexibility index (Phi) is 3.46. The minimum atomic E-state index is -0.199. The molecule has 4 rings (SSSR count). The maximum atomic E-state index is 11.5. The minimum absolute atomic E-state index is 0.199. The lowest BCUT2D eigenvalue weighted by Crippen LogP contribution is -2.58. The number of hydrogen-bond donors (Lipinski definition) is 2. The minimum Gasteiger partial charge on any atom is -0.475 e. The number of nitrogens with zero attached hydrogens (tertiary/aromatic N) is 1. The zero-order valence-electron chi connectivity index (χ0n) is 13.3. The number of aromatic nitrogens is 2. The Hall–Kier alpha value is -1.52. The Morgan fingerprint density at radius 2 is 2.24 bits per heavy atom. The molecule has 0 aliphatic heterocycles. The topological polar surface area (TPSA) is 67.0 Å². The van der Waals surface area contributed by atoms with Gasteiger partial charge in [0.05, 0.1) is 6.61 Å². The SMILES string of the molecule is CCOc1n[nH]c(=O)cc1N[C@@H]1C[C@@H]2C[C@H]([C@H]1C)C2(C)C. The van der Waals surface area contributed by atoms with E-state index in [0.717, 1.165) is 23.9 Å². The number of nitrogens with one attached hydrogen (secondary N) is 2. The Balaban J connectivity index is 1.79. The molecule has 116 valence electrons. The van der Waals surface area contributed by atoms with Crippen molar-refractivity contribution < 1.29 is 4.74 Å². The van der Waals surface area contributed by atoms with Gasteiger partial charge in [0.25, 0.3) is 11.4 Å². The first-order valence-electron chi connectivity index (χ1n) is 7.92. The van der Waals surface area contributed by atoms with E-state index in [1.54, 1.807) is 6.07 Å². The standard InChI is InChI=1S/C16H25N3O2/c1-5-21-15-13(8-14(20)18-19-15)17-12-7-10-6-11(9(12)2)16(10,3)4/h8-12H,5-7H2,1-4H3,(H2,17,18,20)/t9-,10+,11-,12-/m1/s1. The van der Waals surface area contributed by atoms with Gasteiger partial charge in [0, 0.05) is 12.1 Å². The molecular weight excluding hydrogens is 266 g/mol. The van der Waals surface area contributed by atoms with Gasteiger partial charge in [-0.15, -0.1) is 5.10 Å². The molecule has 3 fully saturated rings. The number of anilines is 1. The van der Waals surface area contributed by atoms with Gasteiger partial charge in [0.1, 0.15) is 5.69 Å². The molecule has 0 spiro atoms. The Morgan fingerprint density at radius 1 is 1.48 bits per heavy atom. The van der Waals surface area contributed by atoms with E-state index in [9.17, 15) is 4.79 Å². The Bertz CT molecular complexity index is 581. The molecule has 0 radical (unpaired) electrons. The summed E-state index contributed by atoms with van der Waals surface area (Å²) in [6.07, 6.45) is 2.50. The fraction of sp³-hybridized carbons (Fsp3) is 0.750. The third-order valence-corrected chi connectivity index (χ3v) is 5.75. The molecule has 2 bridgehead atoms. The largest absolute Gasteiger partial charge is 0.475 e. The number of rotatable bonds is 4. The number of hydrogen-bond acceptors (Lipinski definition) is 4. The van der Waals surface area contributed by atoms with Crippen molar-refractivity contribution in [1.29, 1.82) is 0 Å². The van der Waals surface area contributed by atoms with E-state index in [1.165, 1.54) is 6.42 Å². The van der Waals surface area contributed by atoms with Crippen LogP contribution in [0.2, 0.25) is 0 Å². The first-order valence-corrected chi connectivity index (χ1v) is 7.92. The summed E-state index contributed by atoms with van der Waals surface area (Å²) in [6.45, 7) is 9.54. The van der Waals surface area contributed by atoms with Crippen LogP contribution < -0.4 is 15.6 Å². The van der Waals surface area contributed by atoms with E-state index in [4.69, 9.17) is 4.74 Å². The van der Waals surface area contributed by atoms with Crippen molar-refractivity contribution in [3.8, 4) is 5.88 Å². The molecule has 3 saturated carbocycles. The van der Waals surface area contributed by atoms with Crippen molar-refractivity contribution in [1.82, 2.24) is 10.2 Å². The van der Waals surface area contributed by atoms with E-state index in [-0.39, 0.29) is 5.56 Å². The molecule has 0 aromatic carbocycles. The van der Waals surface area contributed by atoms with Crippen LogP contribution in [0.3, 0.4) is 0 Å². The van der Waals surface area contributed by atoms with Gasteiger partial charge in [-0.3, -0.25) is 4.79 Å². The molecule has 0 amide bonds. The highest BCUT2D eigenvalue weighted by Gasteiger charge is 2.56. The molecule has 1 aromatic heterocycles. The molecule has 2 N–H and O–H groups in total. The van der Waals surface area contributed by atoms with Gasteiger partial charge in [0.15, 0.2) is 0 Å². The average molecular weight is 291 g/mol. The molecule has 1 heterocycles. The van der Waals surface area contributed by atoms with Crippen LogP contribution in [0.1, 0.15) is 40.5 Å². The summed E-state index contributed by atoms with van der Waals surface area (Å²) >= 11 is 0. The first kappa shape index (κ1) is 14.4. The van der Waals surface area contributed by atoms with Crippen molar-refractivity contribution in [3.63, 3.8) is 0 Å². The predicted molar refractivity (Wildman–Crippen MR) is 82.6 cm³/mol. The summed E-state index contributed by atoms with van der Waals surface area (Å²) in [7, 11) is 0. The summed E-state index contributed by atoms with van der Waals surface area (Å²) in [5, 5.41) is 9.94. The van der Waals surface area contributed by atoms with Crippen LogP contribution in [0, 0.1) is 23.2 Å². The van der Waals surface area contributed by atoms with Gasteiger partial charge in [-0.25, -0.2) is 5.10 Å².